The van der Waals surface area contributed by atoms with Crippen molar-refractivity contribution in [3.8, 4) is 11.5 Å². The first-order chi connectivity index (χ1) is 8.63. The molecule has 2 N–H and O–H groups in total. The molecule has 2 rings (SSSR count). The summed E-state index contributed by atoms with van der Waals surface area (Å²) in [5.41, 5.74) is 6.51. The Hall–Kier alpha value is -2.04. The van der Waals surface area contributed by atoms with Crippen molar-refractivity contribution < 1.29 is 19.1 Å². The zero-order valence-corrected chi connectivity index (χ0v) is 10.2. The van der Waals surface area contributed by atoms with Gasteiger partial charge >= 0.3 is 0 Å². The molecule has 5 heteroatoms. The lowest BCUT2D eigenvalue weighted by atomic mass is 9.98. The molecule has 1 amide bonds. The van der Waals surface area contributed by atoms with Crippen LogP contribution in [0.15, 0.2) is 12.1 Å². The van der Waals surface area contributed by atoms with Gasteiger partial charge in [0.25, 0.3) is 0 Å². The molecule has 5 nitrogen and oxygen atoms in total. The quantitative estimate of drug-likeness (QED) is 0.792. The summed E-state index contributed by atoms with van der Waals surface area (Å²) in [5, 5.41) is 0. The summed E-state index contributed by atoms with van der Waals surface area (Å²) in [6, 6.07) is 3.43. The van der Waals surface area contributed by atoms with E-state index in [0.717, 1.165) is 5.56 Å². The standard InChI is InChI=1S/C13H15NO4/c1-17-11-4-2-8(9-6-7-18-13(9)11)10(15)3-5-12(14)16/h2,4H,3,5-7H2,1H3,(H2,14,16). The Morgan fingerprint density at radius 2 is 2.17 bits per heavy atom. The molecule has 0 atom stereocenters. The molecule has 0 saturated heterocycles. The first-order valence-electron chi connectivity index (χ1n) is 5.77. The van der Waals surface area contributed by atoms with Crippen LogP contribution in [0.25, 0.3) is 0 Å². The zero-order valence-electron chi connectivity index (χ0n) is 10.2. The van der Waals surface area contributed by atoms with Gasteiger partial charge < -0.3 is 15.2 Å². The molecule has 96 valence electrons. The second-order valence-corrected chi connectivity index (χ2v) is 4.11. The summed E-state index contributed by atoms with van der Waals surface area (Å²) >= 11 is 0. The van der Waals surface area contributed by atoms with Gasteiger partial charge in [-0.1, -0.05) is 0 Å². The van der Waals surface area contributed by atoms with Crippen molar-refractivity contribution in [1.29, 1.82) is 0 Å². The molecule has 0 spiro atoms. The number of Topliss-reactive ketones (excluding diaryl/α,β-unsaturated/α-hetero) is 1. The van der Waals surface area contributed by atoms with Gasteiger partial charge in [-0.15, -0.1) is 0 Å². The molecule has 0 bridgehead atoms. The number of primary amides is 1. The van der Waals surface area contributed by atoms with Crippen LogP contribution in [0.2, 0.25) is 0 Å². The smallest absolute Gasteiger partial charge is 0.217 e. The van der Waals surface area contributed by atoms with Gasteiger partial charge in [-0.25, -0.2) is 0 Å². The number of nitrogens with two attached hydrogens (primary N) is 1. The number of ketones is 1. The van der Waals surface area contributed by atoms with E-state index in [4.69, 9.17) is 15.2 Å². The minimum absolute atomic E-state index is 0.0699. The van der Waals surface area contributed by atoms with E-state index < -0.39 is 5.91 Å². The molecule has 18 heavy (non-hydrogen) atoms. The number of hydrogen-bond acceptors (Lipinski definition) is 4. The van der Waals surface area contributed by atoms with Gasteiger partial charge in [0.05, 0.1) is 13.7 Å². The second-order valence-electron chi connectivity index (χ2n) is 4.11. The van der Waals surface area contributed by atoms with E-state index in [1.54, 1.807) is 19.2 Å². The highest BCUT2D eigenvalue weighted by Crippen LogP contribution is 2.38. The summed E-state index contributed by atoms with van der Waals surface area (Å²) in [6.45, 7) is 0.547. The maximum absolute atomic E-state index is 12.0. The van der Waals surface area contributed by atoms with E-state index in [0.29, 0.717) is 30.1 Å². The van der Waals surface area contributed by atoms with Gasteiger partial charge in [-0.2, -0.15) is 0 Å². The Bertz CT molecular complexity index is 496. The molecule has 0 aliphatic carbocycles. The Kier molecular flexibility index (Phi) is 3.50. The maximum Gasteiger partial charge on any atom is 0.217 e. The van der Waals surface area contributed by atoms with Gasteiger partial charge in [0.15, 0.2) is 17.3 Å². The third-order valence-electron chi connectivity index (χ3n) is 2.94. The van der Waals surface area contributed by atoms with Crippen LogP contribution >= 0.6 is 0 Å². The molecule has 1 aliphatic rings. The summed E-state index contributed by atoms with van der Waals surface area (Å²) in [4.78, 5) is 22.7. The molecule has 0 aromatic heterocycles. The average Bonchev–Trinajstić information content (AvgIpc) is 2.83. The average molecular weight is 249 g/mol. The van der Waals surface area contributed by atoms with Crippen molar-refractivity contribution in [2.75, 3.05) is 13.7 Å². The number of amides is 1. The molecule has 1 aliphatic heterocycles. The predicted molar refractivity (Wildman–Crippen MR) is 65.0 cm³/mol. The van der Waals surface area contributed by atoms with Gasteiger partial charge in [-0.3, -0.25) is 9.59 Å². The first kappa shape index (κ1) is 12.4. The maximum atomic E-state index is 12.0. The van der Waals surface area contributed by atoms with Crippen LogP contribution in [0.4, 0.5) is 0 Å². The van der Waals surface area contributed by atoms with E-state index in [2.05, 4.69) is 0 Å². The SMILES string of the molecule is COc1ccc(C(=O)CCC(N)=O)c2c1OCC2. The van der Waals surface area contributed by atoms with Gasteiger partial charge in [-0.05, 0) is 12.1 Å². The summed E-state index contributed by atoms with van der Waals surface area (Å²) in [7, 11) is 1.56. The zero-order chi connectivity index (χ0) is 13.1. The molecule has 1 aromatic rings. The molecular weight excluding hydrogens is 234 g/mol. The number of benzene rings is 1. The highest BCUT2D eigenvalue weighted by molar-refractivity contribution is 6.00. The fourth-order valence-electron chi connectivity index (χ4n) is 2.06. The van der Waals surface area contributed by atoms with Crippen molar-refractivity contribution >= 4 is 11.7 Å². The number of hydrogen-bond donors (Lipinski definition) is 1. The van der Waals surface area contributed by atoms with E-state index in [1.807, 2.05) is 0 Å². The predicted octanol–water partition coefficient (Wildman–Crippen LogP) is 1.08. The highest BCUT2D eigenvalue weighted by atomic mass is 16.5. The first-order valence-corrected chi connectivity index (χ1v) is 5.77. The third kappa shape index (κ3) is 2.30. The molecule has 1 aromatic carbocycles. The number of methoxy groups -OCH3 is 1. The Balaban J connectivity index is 2.27. The van der Waals surface area contributed by atoms with Crippen molar-refractivity contribution in [1.82, 2.24) is 0 Å². The summed E-state index contributed by atoms with van der Waals surface area (Å²) < 4.78 is 10.6. The fourth-order valence-corrected chi connectivity index (χ4v) is 2.06. The molecule has 0 radical (unpaired) electrons. The van der Waals surface area contributed by atoms with Crippen LogP contribution < -0.4 is 15.2 Å². The van der Waals surface area contributed by atoms with Crippen molar-refractivity contribution in [3.63, 3.8) is 0 Å². The number of carbonyl (C=O) groups is 2. The third-order valence-corrected chi connectivity index (χ3v) is 2.94. The lowest BCUT2D eigenvalue weighted by Gasteiger charge is -2.09. The molecular formula is C13H15NO4. The van der Waals surface area contributed by atoms with Crippen LogP contribution in [0.1, 0.15) is 28.8 Å². The van der Waals surface area contributed by atoms with Crippen molar-refractivity contribution in [2.24, 2.45) is 5.73 Å². The number of carbonyl (C=O) groups excluding carboxylic acids is 2. The highest BCUT2D eigenvalue weighted by Gasteiger charge is 2.23. The van der Waals surface area contributed by atoms with E-state index >= 15 is 0 Å². The van der Waals surface area contributed by atoms with Crippen molar-refractivity contribution in [2.45, 2.75) is 19.3 Å². The number of rotatable bonds is 5. The fraction of sp³-hybridized carbons (Fsp3) is 0.385. The van der Waals surface area contributed by atoms with Crippen LogP contribution in [0.3, 0.4) is 0 Å². The lowest BCUT2D eigenvalue weighted by Crippen LogP contribution is -2.13. The van der Waals surface area contributed by atoms with Gasteiger partial charge in [0.2, 0.25) is 5.91 Å². The lowest BCUT2D eigenvalue weighted by molar-refractivity contribution is -0.118. The van der Waals surface area contributed by atoms with Crippen LogP contribution in [0, 0.1) is 0 Å². The van der Waals surface area contributed by atoms with Gasteiger partial charge in [0.1, 0.15) is 0 Å². The molecule has 0 unspecified atom stereocenters. The van der Waals surface area contributed by atoms with E-state index in [-0.39, 0.29) is 18.6 Å². The largest absolute Gasteiger partial charge is 0.493 e. The van der Waals surface area contributed by atoms with Crippen molar-refractivity contribution in [3.05, 3.63) is 23.3 Å². The molecule has 0 fully saturated rings. The summed E-state index contributed by atoms with van der Waals surface area (Å²) in [6.07, 6.45) is 0.888. The summed E-state index contributed by atoms with van der Waals surface area (Å²) in [5.74, 6) is 0.722. The topological polar surface area (TPSA) is 78.6 Å². The molecule has 1 heterocycles. The minimum atomic E-state index is -0.468. The Morgan fingerprint density at radius 3 is 2.83 bits per heavy atom. The van der Waals surface area contributed by atoms with Crippen LogP contribution in [-0.2, 0) is 11.2 Å². The van der Waals surface area contributed by atoms with E-state index in [9.17, 15) is 9.59 Å². The van der Waals surface area contributed by atoms with Gasteiger partial charge in [0, 0.05) is 30.4 Å². The Morgan fingerprint density at radius 1 is 1.39 bits per heavy atom. The monoisotopic (exact) mass is 249 g/mol. The van der Waals surface area contributed by atoms with Crippen LogP contribution in [-0.4, -0.2) is 25.4 Å². The number of ether oxygens (including phenoxy) is 2. The normalized spacial score (nSPS) is 12.7. The molecule has 0 saturated carbocycles. The minimum Gasteiger partial charge on any atom is -0.493 e. The second kappa shape index (κ2) is 5.08. The van der Waals surface area contributed by atoms with Crippen LogP contribution in [0.5, 0.6) is 11.5 Å². The Labute approximate surface area is 105 Å². The van der Waals surface area contributed by atoms with E-state index in [1.165, 1.54) is 0 Å². The number of fused-ring (bicyclic) bond motifs is 1.